The molecule has 3 aromatic rings. The third-order valence-electron chi connectivity index (χ3n) is 4.57. The van der Waals surface area contributed by atoms with Gasteiger partial charge in [-0.1, -0.05) is 24.3 Å². The molecule has 4 nitrogen and oxygen atoms in total. The number of rotatable bonds is 3. The van der Waals surface area contributed by atoms with Crippen LogP contribution in [0.1, 0.15) is 22.3 Å². The zero-order chi connectivity index (χ0) is 18.8. The Morgan fingerprint density at radius 2 is 1.81 bits per heavy atom. The van der Waals surface area contributed by atoms with E-state index in [-0.39, 0.29) is 11.6 Å². The van der Waals surface area contributed by atoms with Gasteiger partial charge in [-0.3, -0.25) is 9.78 Å². The summed E-state index contributed by atoms with van der Waals surface area (Å²) in [5.41, 5.74) is 2.45. The van der Waals surface area contributed by atoms with Gasteiger partial charge in [0.2, 0.25) is 0 Å². The number of aryl methyl sites for hydroxylation is 1. The molecule has 2 heterocycles. The van der Waals surface area contributed by atoms with Gasteiger partial charge in [-0.25, -0.2) is 8.78 Å². The Morgan fingerprint density at radius 3 is 2.63 bits per heavy atom. The Kier molecular flexibility index (Phi) is 4.54. The van der Waals surface area contributed by atoms with Crippen LogP contribution in [0.2, 0.25) is 0 Å². The molecule has 1 amide bonds. The van der Waals surface area contributed by atoms with Gasteiger partial charge in [0.15, 0.2) is 0 Å². The zero-order valence-electron chi connectivity index (χ0n) is 14.5. The van der Waals surface area contributed by atoms with Crippen molar-refractivity contribution in [2.24, 2.45) is 0 Å². The van der Waals surface area contributed by atoms with Gasteiger partial charge in [0, 0.05) is 18.4 Å². The van der Waals surface area contributed by atoms with Crippen molar-refractivity contribution in [3.05, 3.63) is 83.7 Å². The van der Waals surface area contributed by atoms with E-state index in [0.29, 0.717) is 17.8 Å². The lowest BCUT2D eigenvalue weighted by atomic mass is 10.0. The normalized spacial score (nSPS) is 13.2. The smallest absolute Gasteiger partial charge is 0.259 e. The lowest BCUT2D eigenvalue weighted by Crippen LogP contribution is -2.35. The third-order valence-corrected chi connectivity index (χ3v) is 4.57. The highest BCUT2D eigenvalue weighted by Crippen LogP contribution is 2.29. The molecule has 1 aliphatic rings. The van der Waals surface area contributed by atoms with Gasteiger partial charge in [-0.05, 0) is 42.7 Å². The molecule has 0 bridgehead atoms. The Hall–Kier alpha value is -3.28. The summed E-state index contributed by atoms with van der Waals surface area (Å²) in [6.45, 7) is 0.620. The van der Waals surface area contributed by atoms with Gasteiger partial charge in [-0.15, -0.1) is 0 Å². The van der Waals surface area contributed by atoms with Gasteiger partial charge in [0.1, 0.15) is 17.3 Å². The van der Waals surface area contributed by atoms with Crippen LogP contribution in [0.15, 0.2) is 60.9 Å². The fourth-order valence-corrected chi connectivity index (χ4v) is 3.29. The molecule has 0 fully saturated rings. The van der Waals surface area contributed by atoms with E-state index in [1.165, 1.54) is 30.6 Å². The third kappa shape index (κ3) is 3.38. The fourth-order valence-electron chi connectivity index (χ4n) is 3.29. The molecule has 4 rings (SSSR count). The van der Waals surface area contributed by atoms with Crippen molar-refractivity contribution in [1.29, 1.82) is 0 Å². The van der Waals surface area contributed by atoms with Crippen LogP contribution in [0.25, 0.3) is 0 Å². The Balaban J connectivity index is 1.63. The number of hydrogen-bond acceptors (Lipinski definition) is 3. The predicted octanol–water partition coefficient (Wildman–Crippen LogP) is 4.70. The topological polar surface area (TPSA) is 45.2 Å². The summed E-state index contributed by atoms with van der Waals surface area (Å²) in [5.74, 6) is -1.61. The van der Waals surface area contributed by atoms with E-state index in [1.807, 2.05) is 24.3 Å². The van der Waals surface area contributed by atoms with Crippen molar-refractivity contribution in [1.82, 2.24) is 4.98 Å². The number of pyridine rings is 1. The quantitative estimate of drug-likeness (QED) is 0.732. The number of amides is 1. The van der Waals surface area contributed by atoms with Crippen molar-refractivity contribution in [2.45, 2.75) is 12.8 Å². The second kappa shape index (κ2) is 7.15. The highest BCUT2D eigenvalue weighted by Gasteiger charge is 2.23. The second-order valence-electron chi connectivity index (χ2n) is 6.37. The maximum absolute atomic E-state index is 13.9. The Morgan fingerprint density at radius 1 is 1.04 bits per heavy atom. The summed E-state index contributed by atoms with van der Waals surface area (Å²) in [6.07, 6.45) is 4.70. The van der Waals surface area contributed by atoms with Crippen LogP contribution in [-0.2, 0) is 6.42 Å². The number of hydrogen-bond donors (Lipinski definition) is 1. The van der Waals surface area contributed by atoms with Crippen LogP contribution in [0, 0.1) is 11.6 Å². The first-order valence-electron chi connectivity index (χ1n) is 8.69. The molecule has 0 spiro atoms. The minimum absolute atomic E-state index is 0.188. The van der Waals surface area contributed by atoms with E-state index in [4.69, 9.17) is 0 Å². The van der Waals surface area contributed by atoms with Crippen molar-refractivity contribution in [3.8, 4) is 0 Å². The van der Waals surface area contributed by atoms with Gasteiger partial charge in [0.05, 0.1) is 17.4 Å². The number of nitrogens with one attached hydrogen (secondary N) is 1. The number of carbonyl (C=O) groups is 1. The first-order valence-corrected chi connectivity index (χ1v) is 8.69. The zero-order valence-corrected chi connectivity index (χ0v) is 14.5. The monoisotopic (exact) mass is 365 g/mol. The summed E-state index contributed by atoms with van der Waals surface area (Å²) in [5, 5.41) is 2.67. The van der Waals surface area contributed by atoms with Gasteiger partial charge in [-0.2, -0.15) is 0 Å². The van der Waals surface area contributed by atoms with Gasteiger partial charge < -0.3 is 10.2 Å². The molecular formula is C21H17F2N3O. The van der Waals surface area contributed by atoms with E-state index in [0.717, 1.165) is 24.1 Å². The minimum Gasteiger partial charge on any atom is -0.349 e. The van der Waals surface area contributed by atoms with Crippen molar-refractivity contribution >= 4 is 23.0 Å². The number of anilines is 3. The number of halogens is 2. The van der Waals surface area contributed by atoms with Crippen LogP contribution in [-0.4, -0.2) is 17.4 Å². The number of nitrogens with zero attached hydrogens (tertiary/aromatic N) is 2. The second-order valence-corrected chi connectivity index (χ2v) is 6.37. The molecule has 0 unspecified atom stereocenters. The predicted molar refractivity (Wildman–Crippen MR) is 100 cm³/mol. The van der Waals surface area contributed by atoms with Gasteiger partial charge in [0.25, 0.3) is 5.91 Å². The average Bonchev–Trinajstić information content (AvgIpc) is 2.70. The van der Waals surface area contributed by atoms with E-state index in [2.05, 4.69) is 10.3 Å². The Labute approximate surface area is 155 Å². The highest BCUT2D eigenvalue weighted by molar-refractivity contribution is 6.07. The van der Waals surface area contributed by atoms with E-state index >= 15 is 0 Å². The van der Waals surface area contributed by atoms with E-state index in [1.54, 1.807) is 11.0 Å². The van der Waals surface area contributed by atoms with Gasteiger partial charge >= 0.3 is 0 Å². The maximum Gasteiger partial charge on any atom is 0.259 e. The molecular weight excluding hydrogens is 348 g/mol. The first-order chi connectivity index (χ1) is 13.1. The maximum atomic E-state index is 13.9. The molecule has 1 N–H and O–H groups in total. The lowest BCUT2D eigenvalue weighted by molar-refractivity contribution is 0.0985. The summed E-state index contributed by atoms with van der Waals surface area (Å²) >= 11 is 0. The molecule has 1 aromatic heterocycles. The van der Waals surface area contributed by atoms with E-state index < -0.39 is 11.6 Å². The fraction of sp³-hybridized carbons (Fsp3) is 0.143. The SMILES string of the molecule is O=C(c1cncc(Nc2c(F)cccc2F)c1)N1CCCc2ccccc21. The standard InChI is InChI=1S/C21H17F2N3O/c22-17-7-3-8-18(23)20(17)25-16-11-15(12-24-13-16)21(27)26-10-4-6-14-5-1-2-9-19(14)26/h1-3,5,7-9,11-13,25H,4,6,10H2. The Bertz CT molecular complexity index is 986. The molecule has 6 heteroatoms. The van der Waals surface area contributed by atoms with Crippen LogP contribution >= 0.6 is 0 Å². The minimum atomic E-state index is -0.711. The first kappa shape index (κ1) is 17.1. The number of para-hydroxylation sites is 2. The van der Waals surface area contributed by atoms with E-state index in [9.17, 15) is 13.6 Å². The molecule has 136 valence electrons. The summed E-state index contributed by atoms with van der Waals surface area (Å²) in [6, 6.07) is 13.0. The molecule has 1 aliphatic heterocycles. The number of carbonyl (C=O) groups excluding carboxylic acids is 1. The summed E-state index contributed by atoms with van der Waals surface area (Å²) < 4.78 is 27.7. The molecule has 0 saturated carbocycles. The highest BCUT2D eigenvalue weighted by atomic mass is 19.1. The summed E-state index contributed by atoms with van der Waals surface area (Å²) in [4.78, 5) is 18.8. The number of aromatic nitrogens is 1. The van der Waals surface area contributed by atoms with Crippen LogP contribution < -0.4 is 10.2 Å². The largest absolute Gasteiger partial charge is 0.349 e. The molecule has 0 saturated heterocycles. The average molecular weight is 365 g/mol. The van der Waals surface area contributed by atoms with Crippen LogP contribution in [0.3, 0.4) is 0 Å². The number of fused-ring (bicyclic) bond motifs is 1. The van der Waals surface area contributed by atoms with Crippen molar-refractivity contribution < 1.29 is 13.6 Å². The lowest BCUT2D eigenvalue weighted by Gasteiger charge is -2.29. The van der Waals surface area contributed by atoms with Crippen molar-refractivity contribution in [3.63, 3.8) is 0 Å². The number of benzene rings is 2. The molecule has 27 heavy (non-hydrogen) atoms. The molecule has 2 aromatic carbocycles. The van der Waals surface area contributed by atoms with Crippen LogP contribution in [0.4, 0.5) is 25.8 Å². The molecule has 0 radical (unpaired) electrons. The summed E-state index contributed by atoms with van der Waals surface area (Å²) in [7, 11) is 0. The van der Waals surface area contributed by atoms with Crippen LogP contribution in [0.5, 0.6) is 0 Å². The molecule has 0 aliphatic carbocycles. The molecule has 0 atom stereocenters. The van der Waals surface area contributed by atoms with Crippen molar-refractivity contribution in [2.75, 3.05) is 16.8 Å².